The highest BCUT2D eigenvalue weighted by atomic mass is 16.6. The third-order valence-corrected chi connectivity index (χ3v) is 11.6. The van der Waals surface area contributed by atoms with Crippen LogP contribution in [0, 0.1) is 0 Å². The van der Waals surface area contributed by atoms with Crippen LogP contribution in [-0.4, -0.2) is 37.2 Å². The van der Waals surface area contributed by atoms with E-state index in [1.54, 1.807) is 0 Å². The molecule has 0 heterocycles. The number of allylic oxidation sites excluding steroid dienone is 22. The highest BCUT2D eigenvalue weighted by molar-refractivity contribution is 5.71. The minimum atomic E-state index is -0.834. The van der Waals surface area contributed by atoms with Gasteiger partial charge in [-0.1, -0.05) is 225 Å². The lowest BCUT2D eigenvalue weighted by Gasteiger charge is -2.18. The summed E-state index contributed by atoms with van der Waals surface area (Å²) >= 11 is 0. The molecule has 0 spiro atoms. The fourth-order valence-electron chi connectivity index (χ4n) is 7.33. The Labute approximate surface area is 436 Å². The van der Waals surface area contributed by atoms with Crippen LogP contribution in [0.4, 0.5) is 0 Å². The number of rotatable bonds is 50. The van der Waals surface area contributed by atoms with Crippen molar-refractivity contribution in [1.82, 2.24) is 0 Å². The molecular formula is C65H104O6. The van der Waals surface area contributed by atoms with Crippen molar-refractivity contribution in [3.05, 3.63) is 134 Å². The summed E-state index contributed by atoms with van der Waals surface area (Å²) in [5.41, 5.74) is 0. The maximum absolute atomic E-state index is 12.9. The second-order valence-electron chi connectivity index (χ2n) is 18.5. The van der Waals surface area contributed by atoms with Gasteiger partial charge in [-0.2, -0.15) is 0 Å². The molecule has 0 aromatic carbocycles. The standard InChI is InChI=1S/C65H104O6/c1-4-7-10-13-16-19-22-25-28-30-32-34-37-40-43-46-49-52-55-58-64(67)70-61-62(60-69-63(66)57-54-51-48-45-42-39-36-27-24-21-18-15-12-9-6-3)71-65(68)59-56-53-50-47-44-41-38-35-33-31-29-26-23-20-17-14-11-8-5-2/h7,10,16-17,19-20,25-29,32-36,40-41,43-44,49,52,62H,4-6,8-9,11-15,18,21-24,30-31,37-39,42,45-48,50-51,53-61H2,1-3H3/b10-7-,19-16-,20-17-,28-25-,29-26-,34-32-,35-33-,36-27-,43-40-,44-41-,52-49-/t62-/m1/s1. The zero-order valence-corrected chi connectivity index (χ0v) is 45.7. The molecule has 0 aliphatic heterocycles. The molecule has 0 bridgehead atoms. The third kappa shape index (κ3) is 56.3. The molecule has 0 saturated carbocycles. The maximum atomic E-state index is 12.9. The summed E-state index contributed by atoms with van der Waals surface area (Å²) in [6.45, 7) is 6.38. The number of ether oxygens (including phenoxy) is 3. The van der Waals surface area contributed by atoms with Crippen LogP contribution >= 0.6 is 0 Å². The second-order valence-corrected chi connectivity index (χ2v) is 18.5. The normalized spacial score (nSPS) is 13.1. The smallest absolute Gasteiger partial charge is 0.306 e. The highest BCUT2D eigenvalue weighted by Crippen LogP contribution is 2.12. The Bertz CT molecular complexity index is 1550. The van der Waals surface area contributed by atoms with Crippen LogP contribution in [0.15, 0.2) is 134 Å². The van der Waals surface area contributed by atoms with Gasteiger partial charge in [-0.3, -0.25) is 14.4 Å². The third-order valence-electron chi connectivity index (χ3n) is 11.6. The number of esters is 3. The fraction of sp³-hybridized carbons (Fsp3) is 0.615. The molecule has 0 N–H and O–H groups in total. The van der Waals surface area contributed by atoms with E-state index in [9.17, 15) is 14.4 Å². The molecule has 1 atom stereocenters. The largest absolute Gasteiger partial charge is 0.462 e. The minimum Gasteiger partial charge on any atom is -0.462 e. The Balaban J connectivity index is 4.60. The molecular weight excluding hydrogens is 877 g/mol. The first-order chi connectivity index (χ1) is 35.0. The van der Waals surface area contributed by atoms with Crippen LogP contribution in [0.2, 0.25) is 0 Å². The predicted molar refractivity (Wildman–Crippen MR) is 306 cm³/mol. The molecule has 0 amide bonds. The van der Waals surface area contributed by atoms with Crippen LogP contribution in [-0.2, 0) is 28.6 Å². The van der Waals surface area contributed by atoms with Gasteiger partial charge in [-0.05, 0) is 128 Å². The minimum absolute atomic E-state index is 0.123. The van der Waals surface area contributed by atoms with Gasteiger partial charge in [0.1, 0.15) is 13.2 Å². The Morgan fingerprint density at radius 1 is 0.296 bits per heavy atom. The molecule has 6 nitrogen and oxygen atoms in total. The Morgan fingerprint density at radius 2 is 0.577 bits per heavy atom. The first-order valence-corrected chi connectivity index (χ1v) is 28.7. The molecule has 0 fully saturated rings. The first kappa shape index (κ1) is 66.6. The molecule has 0 aliphatic rings. The van der Waals surface area contributed by atoms with Gasteiger partial charge in [-0.15, -0.1) is 0 Å². The Morgan fingerprint density at radius 3 is 1.00 bits per heavy atom. The van der Waals surface area contributed by atoms with E-state index in [4.69, 9.17) is 14.2 Å². The van der Waals surface area contributed by atoms with E-state index in [2.05, 4.69) is 142 Å². The van der Waals surface area contributed by atoms with Crippen molar-refractivity contribution in [2.75, 3.05) is 13.2 Å². The Hall–Kier alpha value is -4.45. The van der Waals surface area contributed by atoms with Gasteiger partial charge >= 0.3 is 17.9 Å². The number of unbranched alkanes of at least 4 members (excludes halogenated alkanes) is 17. The van der Waals surface area contributed by atoms with E-state index in [1.807, 2.05) is 12.2 Å². The number of carbonyl (C=O) groups is 3. The molecule has 6 heteroatoms. The summed E-state index contributed by atoms with van der Waals surface area (Å²) in [5.74, 6) is -1.05. The number of hydrogen-bond donors (Lipinski definition) is 0. The van der Waals surface area contributed by atoms with Crippen LogP contribution in [0.25, 0.3) is 0 Å². The summed E-state index contributed by atoms with van der Waals surface area (Å²) in [7, 11) is 0. The lowest BCUT2D eigenvalue weighted by atomic mass is 10.1. The average Bonchev–Trinajstić information content (AvgIpc) is 3.37. The summed E-state index contributed by atoms with van der Waals surface area (Å²) in [6.07, 6.45) is 81.6. The number of carbonyl (C=O) groups excluding carboxylic acids is 3. The molecule has 400 valence electrons. The first-order valence-electron chi connectivity index (χ1n) is 28.7. The monoisotopic (exact) mass is 981 g/mol. The van der Waals surface area contributed by atoms with Gasteiger partial charge in [0.05, 0.1) is 0 Å². The van der Waals surface area contributed by atoms with Gasteiger partial charge < -0.3 is 14.2 Å². The van der Waals surface area contributed by atoms with E-state index < -0.39 is 6.10 Å². The molecule has 0 radical (unpaired) electrons. The SMILES string of the molecule is CC/C=C\C/C=C\C/C=C\C/C=C\C/C=C\C/C=C\CCC(=O)OC[C@@H](COC(=O)CCCCCCC/C=C\CCCCCCCC)OC(=O)CCCCC/C=C\C/C=C\C/C=C\C/C=C\CCCCC. The van der Waals surface area contributed by atoms with Crippen LogP contribution in [0.3, 0.4) is 0 Å². The molecule has 0 aliphatic carbocycles. The molecule has 0 aromatic rings. The van der Waals surface area contributed by atoms with Crippen molar-refractivity contribution in [3.8, 4) is 0 Å². The highest BCUT2D eigenvalue weighted by Gasteiger charge is 2.19. The van der Waals surface area contributed by atoms with E-state index in [-0.39, 0.29) is 44.0 Å². The van der Waals surface area contributed by atoms with Crippen molar-refractivity contribution in [1.29, 1.82) is 0 Å². The predicted octanol–water partition coefficient (Wildman–Crippen LogP) is 19.4. The summed E-state index contributed by atoms with van der Waals surface area (Å²) in [4.78, 5) is 38.1. The lowest BCUT2D eigenvalue weighted by Crippen LogP contribution is -2.30. The molecule has 0 aromatic heterocycles. The van der Waals surface area contributed by atoms with Crippen molar-refractivity contribution >= 4 is 17.9 Å². The molecule has 0 unspecified atom stereocenters. The van der Waals surface area contributed by atoms with E-state index in [0.29, 0.717) is 19.3 Å². The van der Waals surface area contributed by atoms with E-state index >= 15 is 0 Å². The molecule has 0 saturated heterocycles. The van der Waals surface area contributed by atoms with E-state index in [0.717, 1.165) is 109 Å². The molecule has 0 rings (SSSR count). The maximum Gasteiger partial charge on any atom is 0.306 e. The average molecular weight is 982 g/mol. The van der Waals surface area contributed by atoms with Crippen LogP contribution < -0.4 is 0 Å². The van der Waals surface area contributed by atoms with Crippen molar-refractivity contribution in [3.63, 3.8) is 0 Å². The van der Waals surface area contributed by atoms with Gasteiger partial charge in [0.25, 0.3) is 0 Å². The zero-order chi connectivity index (χ0) is 51.4. The quantitative estimate of drug-likeness (QED) is 0.0262. The van der Waals surface area contributed by atoms with Crippen molar-refractivity contribution < 1.29 is 28.6 Å². The fourth-order valence-corrected chi connectivity index (χ4v) is 7.33. The van der Waals surface area contributed by atoms with Crippen LogP contribution in [0.1, 0.15) is 239 Å². The Kier molecular flexibility index (Phi) is 54.5. The summed E-state index contributed by atoms with van der Waals surface area (Å²) in [6, 6.07) is 0. The van der Waals surface area contributed by atoms with Gasteiger partial charge in [0, 0.05) is 19.3 Å². The van der Waals surface area contributed by atoms with Gasteiger partial charge in [0.15, 0.2) is 6.10 Å². The van der Waals surface area contributed by atoms with Gasteiger partial charge in [0.2, 0.25) is 0 Å². The lowest BCUT2D eigenvalue weighted by molar-refractivity contribution is -0.166. The zero-order valence-electron chi connectivity index (χ0n) is 45.7. The van der Waals surface area contributed by atoms with Gasteiger partial charge in [-0.25, -0.2) is 0 Å². The topological polar surface area (TPSA) is 78.9 Å². The van der Waals surface area contributed by atoms with E-state index in [1.165, 1.54) is 77.0 Å². The van der Waals surface area contributed by atoms with Crippen LogP contribution in [0.5, 0.6) is 0 Å². The number of hydrogen-bond acceptors (Lipinski definition) is 6. The summed E-state index contributed by atoms with van der Waals surface area (Å²) < 4.78 is 16.8. The van der Waals surface area contributed by atoms with Crippen molar-refractivity contribution in [2.45, 2.75) is 245 Å². The van der Waals surface area contributed by atoms with Crippen molar-refractivity contribution in [2.24, 2.45) is 0 Å². The second kappa shape index (κ2) is 58.1. The molecule has 71 heavy (non-hydrogen) atoms. The summed E-state index contributed by atoms with van der Waals surface area (Å²) in [5, 5.41) is 0.